The number of hydrogen-bond acceptors (Lipinski definition) is 3. The molecule has 1 heterocycles. The van der Waals surface area contributed by atoms with E-state index in [0.29, 0.717) is 12.5 Å². The minimum absolute atomic E-state index is 0.0817. The summed E-state index contributed by atoms with van der Waals surface area (Å²) in [7, 11) is 0. The molecule has 1 fully saturated rings. The van der Waals surface area contributed by atoms with E-state index in [2.05, 4.69) is 0 Å². The molecule has 0 aromatic heterocycles. The number of aliphatic hydroxyl groups excluding tert-OH is 1. The second-order valence-corrected chi connectivity index (χ2v) is 4.12. The van der Waals surface area contributed by atoms with Crippen molar-refractivity contribution in [3.05, 3.63) is 0 Å². The van der Waals surface area contributed by atoms with Crippen molar-refractivity contribution < 1.29 is 9.90 Å². The highest BCUT2D eigenvalue weighted by Gasteiger charge is 2.31. The number of likely N-dealkylation sites (tertiary alicyclic amines) is 1. The van der Waals surface area contributed by atoms with Gasteiger partial charge in [0.05, 0.1) is 0 Å². The Morgan fingerprint density at radius 2 is 2.29 bits per heavy atom. The maximum atomic E-state index is 11.7. The Morgan fingerprint density at radius 1 is 1.64 bits per heavy atom. The molecule has 0 aromatic carbocycles. The van der Waals surface area contributed by atoms with Crippen LogP contribution >= 0.6 is 0 Å². The van der Waals surface area contributed by atoms with Crippen molar-refractivity contribution in [1.29, 1.82) is 0 Å². The predicted molar refractivity (Wildman–Crippen MR) is 54.6 cm³/mol. The monoisotopic (exact) mass is 200 g/mol. The summed E-state index contributed by atoms with van der Waals surface area (Å²) >= 11 is 0. The first-order valence-corrected chi connectivity index (χ1v) is 5.28. The summed E-state index contributed by atoms with van der Waals surface area (Å²) in [5.41, 5.74) is 5.39. The second kappa shape index (κ2) is 5.32. The Hall–Kier alpha value is -0.610. The highest BCUT2D eigenvalue weighted by atomic mass is 16.3. The fraction of sp³-hybridized carbons (Fsp3) is 0.900. The molecule has 1 amide bonds. The van der Waals surface area contributed by atoms with Crippen LogP contribution in [0.3, 0.4) is 0 Å². The third-order valence-electron chi connectivity index (χ3n) is 2.79. The van der Waals surface area contributed by atoms with Crippen molar-refractivity contribution in [2.75, 3.05) is 26.2 Å². The average Bonchev–Trinajstić information content (AvgIpc) is 2.12. The average molecular weight is 200 g/mol. The van der Waals surface area contributed by atoms with E-state index >= 15 is 0 Å². The summed E-state index contributed by atoms with van der Waals surface area (Å²) in [5.74, 6) is 0.599. The van der Waals surface area contributed by atoms with Crippen LogP contribution in [-0.2, 0) is 4.79 Å². The van der Waals surface area contributed by atoms with Gasteiger partial charge < -0.3 is 15.7 Å². The van der Waals surface area contributed by atoms with Crippen molar-refractivity contribution >= 4 is 5.91 Å². The van der Waals surface area contributed by atoms with Crippen molar-refractivity contribution in [2.24, 2.45) is 17.6 Å². The predicted octanol–water partition coefficient (Wildman–Crippen LogP) is -0.188. The topological polar surface area (TPSA) is 66.6 Å². The number of carbonyl (C=O) groups is 1. The lowest BCUT2D eigenvalue weighted by atomic mass is 9.96. The van der Waals surface area contributed by atoms with E-state index in [1.165, 1.54) is 0 Å². The first-order valence-electron chi connectivity index (χ1n) is 5.28. The molecule has 0 aromatic rings. The van der Waals surface area contributed by atoms with Crippen LogP contribution in [0.5, 0.6) is 0 Å². The summed E-state index contributed by atoms with van der Waals surface area (Å²) in [5, 5.41) is 8.81. The molecule has 0 bridgehead atoms. The number of aliphatic hydroxyl groups is 1. The van der Waals surface area contributed by atoms with Gasteiger partial charge in [0.1, 0.15) is 0 Å². The SMILES string of the molecule is CC(CCCN)C(=O)N1CC(CO)C1. The molecule has 3 N–H and O–H groups in total. The number of nitrogens with two attached hydrogens (primary N) is 1. The Morgan fingerprint density at radius 3 is 2.79 bits per heavy atom. The fourth-order valence-electron chi connectivity index (χ4n) is 1.72. The molecule has 0 saturated carbocycles. The third kappa shape index (κ3) is 2.69. The molecule has 1 saturated heterocycles. The van der Waals surface area contributed by atoms with Gasteiger partial charge in [0.2, 0.25) is 5.91 Å². The first-order chi connectivity index (χ1) is 6.69. The van der Waals surface area contributed by atoms with Gasteiger partial charge in [-0.05, 0) is 19.4 Å². The molecule has 4 heteroatoms. The van der Waals surface area contributed by atoms with Crippen molar-refractivity contribution in [1.82, 2.24) is 4.90 Å². The van der Waals surface area contributed by atoms with Gasteiger partial charge in [-0.2, -0.15) is 0 Å². The van der Waals surface area contributed by atoms with Gasteiger partial charge in [-0.3, -0.25) is 4.79 Å². The van der Waals surface area contributed by atoms with Gasteiger partial charge in [0, 0.05) is 31.5 Å². The van der Waals surface area contributed by atoms with Gasteiger partial charge in [0.15, 0.2) is 0 Å². The van der Waals surface area contributed by atoms with E-state index in [4.69, 9.17) is 10.8 Å². The molecule has 0 radical (unpaired) electrons. The Balaban J connectivity index is 2.21. The van der Waals surface area contributed by atoms with Crippen LogP contribution < -0.4 is 5.73 Å². The summed E-state index contributed by atoms with van der Waals surface area (Å²) in [4.78, 5) is 13.5. The zero-order chi connectivity index (χ0) is 10.6. The normalized spacial score (nSPS) is 19.2. The number of carbonyl (C=O) groups excluding carboxylic acids is 1. The zero-order valence-electron chi connectivity index (χ0n) is 8.78. The largest absolute Gasteiger partial charge is 0.396 e. The second-order valence-electron chi connectivity index (χ2n) is 4.12. The van der Waals surface area contributed by atoms with E-state index in [1.807, 2.05) is 11.8 Å². The first kappa shape index (κ1) is 11.5. The highest BCUT2D eigenvalue weighted by molar-refractivity contribution is 5.79. The third-order valence-corrected chi connectivity index (χ3v) is 2.79. The van der Waals surface area contributed by atoms with Crippen LogP contribution in [0.2, 0.25) is 0 Å². The van der Waals surface area contributed by atoms with E-state index in [-0.39, 0.29) is 18.4 Å². The molecule has 0 spiro atoms. The van der Waals surface area contributed by atoms with Gasteiger partial charge in [-0.1, -0.05) is 6.92 Å². The van der Waals surface area contributed by atoms with Crippen molar-refractivity contribution in [3.63, 3.8) is 0 Å². The van der Waals surface area contributed by atoms with Crippen LogP contribution in [-0.4, -0.2) is 42.2 Å². The maximum absolute atomic E-state index is 11.7. The molecule has 4 nitrogen and oxygen atoms in total. The molecule has 1 aliphatic heterocycles. The van der Waals surface area contributed by atoms with E-state index in [0.717, 1.165) is 25.9 Å². The Labute approximate surface area is 85.1 Å². The summed E-state index contributed by atoms with van der Waals surface area (Å²) < 4.78 is 0. The molecule has 14 heavy (non-hydrogen) atoms. The van der Waals surface area contributed by atoms with Gasteiger partial charge >= 0.3 is 0 Å². The minimum atomic E-state index is 0.0817. The summed E-state index contributed by atoms with van der Waals surface area (Å²) in [6, 6.07) is 0. The fourth-order valence-corrected chi connectivity index (χ4v) is 1.72. The van der Waals surface area contributed by atoms with Crippen LogP contribution in [0.1, 0.15) is 19.8 Å². The summed E-state index contributed by atoms with van der Waals surface area (Å²) in [6.07, 6.45) is 1.78. The number of amides is 1. The quantitative estimate of drug-likeness (QED) is 0.646. The van der Waals surface area contributed by atoms with Crippen molar-refractivity contribution in [2.45, 2.75) is 19.8 Å². The van der Waals surface area contributed by atoms with Crippen LogP contribution in [0.15, 0.2) is 0 Å². The van der Waals surface area contributed by atoms with Crippen LogP contribution in [0, 0.1) is 11.8 Å². The standard InChI is InChI=1S/C10H20N2O2/c1-8(3-2-4-11)10(14)12-5-9(6-12)7-13/h8-9,13H,2-7,11H2,1H3. The van der Waals surface area contributed by atoms with Gasteiger partial charge in [-0.15, -0.1) is 0 Å². The van der Waals surface area contributed by atoms with Gasteiger partial charge in [-0.25, -0.2) is 0 Å². The lowest BCUT2D eigenvalue weighted by Crippen LogP contribution is -2.52. The van der Waals surface area contributed by atoms with E-state index in [9.17, 15) is 4.79 Å². The molecule has 0 aliphatic carbocycles. The Bertz CT molecular complexity index is 184. The molecular weight excluding hydrogens is 180 g/mol. The number of rotatable bonds is 5. The molecule has 1 rings (SSSR count). The molecule has 1 unspecified atom stereocenters. The lowest BCUT2D eigenvalue weighted by Gasteiger charge is -2.39. The number of hydrogen-bond donors (Lipinski definition) is 2. The van der Waals surface area contributed by atoms with E-state index < -0.39 is 0 Å². The Kier molecular flexibility index (Phi) is 4.35. The molecule has 82 valence electrons. The maximum Gasteiger partial charge on any atom is 0.225 e. The van der Waals surface area contributed by atoms with Crippen molar-refractivity contribution in [3.8, 4) is 0 Å². The van der Waals surface area contributed by atoms with Crippen LogP contribution in [0.4, 0.5) is 0 Å². The summed E-state index contributed by atoms with van der Waals surface area (Å²) in [6.45, 7) is 4.24. The molecule has 1 aliphatic rings. The minimum Gasteiger partial charge on any atom is -0.396 e. The number of nitrogens with zero attached hydrogens (tertiary/aromatic N) is 1. The lowest BCUT2D eigenvalue weighted by molar-refractivity contribution is -0.142. The van der Waals surface area contributed by atoms with E-state index in [1.54, 1.807) is 0 Å². The smallest absolute Gasteiger partial charge is 0.225 e. The molecule has 1 atom stereocenters. The highest BCUT2D eigenvalue weighted by Crippen LogP contribution is 2.19. The van der Waals surface area contributed by atoms with Gasteiger partial charge in [0.25, 0.3) is 0 Å². The zero-order valence-corrected chi connectivity index (χ0v) is 8.78. The molecular formula is C10H20N2O2. The van der Waals surface area contributed by atoms with Crippen LogP contribution in [0.25, 0.3) is 0 Å².